The first kappa shape index (κ1) is 13.4. The molecule has 0 radical (unpaired) electrons. The van der Waals surface area contributed by atoms with Crippen molar-refractivity contribution in [2.24, 2.45) is 0 Å². The Hall–Kier alpha value is -1.04. The van der Waals surface area contributed by atoms with E-state index in [0.29, 0.717) is 10.2 Å². The zero-order chi connectivity index (χ0) is 13.3. The molecule has 1 aromatic carbocycles. The predicted molar refractivity (Wildman–Crippen MR) is 72.9 cm³/mol. The molecular formula is C11H6BrCl2FN2O. The van der Waals surface area contributed by atoms with Crippen molar-refractivity contribution >= 4 is 50.7 Å². The number of hydrogen-bond donors (Lipinski definition) is 2. The molecule has 0 saturated carbocycles. The van der Waals surface area contributed by atoms with Crippen molar-refractivity contribution in [3.8, 4) is 0 Å². The van der Waals surface area contributed by atoms with Crippen LogP contribution < -0.4 is 5.32 Å². The summed E-state index contributed by atoms with van der Waals surface area (Å²) < 4.78 is 13.6. The van der Waals surface area contributed by atoms with Crippen LogP contribution in [0.5, 0.6) is 0 Å². The highest BCUT2D eigenvalue weighted by Crippen LogP contribution is 2.25. The summed E-state index contributed by atoms with van der Waals surface area (Å²) in [5, 5.41) is 2.96. The first-order valence-corrected chi connectivity index (χ1v) is 6.32. The van der Waals surface area contributed by atoms with Crippen molar-refractivity contribution in [2.45, 2.75) is 0 Å². The fourth-order valence-corrected chi connectivity index (χ4v) is 1.97. The van der Waals surface area contributed by atoms with Crippen molar-refractivity contribution in [3.05, 3.63) is 50.4 Å². The summed E-state index contributed by atoms with van der Waals surface area (Å²) in [6.07, 6.45) is 0. The van der Waals surface area contributed by atoms with Crippen molar-refractivity contribution in [1.82, 2.24) is 4.98 Å². The Balaban J connectivity index is 2.23. The van der Waals surface area contributed by atoms with Gasteiger partial charge < -0.3 is 10.3 Å². The van der Waals surface area contributed by atoms with E-state index in [1.54, 1.807) is 0 Å². The minimum atomic E-state index is -0.463. The molecule has 2 N–H and O–H groups in total. The van der Waals surface area contributed by atoms with Gasteiger partial charge in [0.1, 0.15) is 16.7 Å². The molecule has 0 unspecified atom stereocenters. The summed E-state index contributed by atoms with van der Waals surface area (Å²) >= 11 is 14.6. The molecule has 0 fully saturated rings. The smallest absolute Gasteiger partial charge is 0.272 e. The summed E-state index contributed by atoms with van der Waals surface area (Å²) in [6.45, 7) is 0. The minimum absolute atomic E-state index is 0.181. The quantitative estimate of drug-likeness (QED) is 0.823. The van der Waals surface area contributed by atoms with E-state index in [-0.39, 0.29) is 15.9 Å². The lowest BCUT2D eigenvalue weighted by Gasteiger charge is -2.06. The highest BCUT2D eigenvalue weighted by molar-refractivity contribution is 9.10. The Kier molecular flexibility index (Phi) is 3.94. The Labute approximate surface area is 120 Å². The van der Waals surface area contributed by atoms with Gasteiger partial charge in [-0.05, 0) is 40.2 Å². The fourth-order valence-electron chi connectivity index (χ4n) is 1.31. The molecule has 0 saturated heterocycles. The number of aromatic nitrogens is 1. The van der Waals surface area contributed by atoms with Crippen molar-refractivity contribution in [3.63, 3.8) is 0 Å². The van der Waals surface area contributed by atoms with Crippen molar-refractivity contribution < 1.29 is 9.18 Å². The minimum Gasteiger partial charge on any atom is -0.340 e. The summed E-state index contributed by atoms with van der Waals surface area (Å²) in [6, 6.07) is 5.38. The second-order valence-corrected chi connectivity index (χ2v) is 5.06. The number of nitrogens with one attached hydrogen (secondary N) is 2. The largest absolute Gasteiger partial charge is 0.340 e. The molecule has 3 nitrogen and oxygen atoms in total. The molecule has 1 amide bonds. The van der Waals surface area contributed by atoms with E-state index < -0.39 is 11.7 Å². The highest BCUT2D eigenvalue weighted by atomic mass is 79.9. The SMILES string of the molecule is O=C(Nc1cc(F)ccc1Br)c1cc(Cl)c(Cl)[nH]1. The highest BCUT2D eigenvalue weighted by Gasteiger charge is 2.13. The molecule has 1 heterocycles. The Morgan fingerprint density at radius 3 is 2.67 bits per heavy atom. The zero-order valence-electron chi connectivity index (χ0n) is 8.73. The van der Waals surface area contributed by atoms with Gasteiger partial charge in [0.15, 0.2) is 0 Å². The number of carbonyl (C=O) groups excluding carboxylic acids is 1. The van der Waals surface area contributed by atoms with Crippen LogP contribution >= 0.6 is 39.1 Å². The third-order valence-electron chi connectivity index (χ3n) is 2.15. The van der Waals surface area contributed by atoms with Gasteiger partial charge in [-0.25, -0.2) is 4.39 Å². The van der Waals surface area contributed by atoms with E-state index in [4.69, 9.17) is 23.2 Å². The average Bonchev–Trinajstić information content (AvgIpc) is 2.64. The van der Waals surface area contributed by atoms with Gasteiger partial charge in [-0.2, -0.15) is 0 Å². The summed E-state index contributed by atoms with van der Waals surface area (Å²) in [5.74, 6) is -0.911. The number of benzene rings is 1. The summed E-state index contributed by atoms with van der Waals surface area (Å²) in [5.41, 5.74) is 0.517. The van der Waals surface area contributed by atoms with Crippen molar-refractivity contribution in [2.75, 3.05) is 5.32 Å². The maximum absolute atomic E-state index is 13.0. The van der Waals surface area contributed by atoms with E-state index in [2.05, 4.69) is 26.2 Å². The van der Waals surface area contributed by atoms with E-state index in [1.165, 1.54) is 24.3 Å². The lowest BCUT2D eigenvalue weighted by Crippen LogP contribution is -2.12. The topological polar surface area (TPSA) is 44.9 Å². The van der Waals surface area contributed by atoms with Gasteiger partial charge in [-0.3, -0.25) is 4.79 Å². The standard InChI is InChI=1S/C11H6BrCl2FN2O/c12-6-2-1-5(15)3-8(6)17-11(18)9-4-7(13)10(14)16-9/h1-4,16H,(H,17,18). The zero-order valence-corrected chi connectivity index (χ0v) is 11.8. The molecule has 0 aliphatic carbocycles. The molecule has 0 spiro atoms. The van der Waals surface area contributed by atoms with Crippen LogP contribution in [-0.2, 0) is 0 Å². The first-order valence-electron chi connectivity index (χ1n) is 4.78. The van der Waals surface area contributed by atoms with Crippen LogP contribution in [0.15, 0.2) is 28.7 Å². The van der Waals surface area contributed by atoms with Gasteiger partial charge >= 0.3 is 0 Å². The van der Waals surface area contributed by atoms with E-state index in [1.807, 2.05) is 0 Å². The molecule has 94 valence electrons. The van der Waals surface area contributed by atoms with Gasteiger partial charge in [0.05, 0.1) is 10.7 Å². The second-order valence-electron chi connectivity index (χ2n) is 3.42. The number of aromatic amines is 1. The van der Waals surface area contributed by atoms with Gasteiger partial charge in [-0.1, -0.05) is 23.2 Å². The predicted octanol–water partition coefficient (Wildman–Crippen LogP) is 4.48. The third kappa shape index (κ3) is 2.85. The Morgan fingerprint density at radius 2 is 2.06 bits per heavy atom. The van der Waals surface area contributed by atoms with E-state index >= 15 is 0 Å². The molecule has 18 heavy (non-hydrogen) atoms. The molecule has 0 aliphatic rings. The third-order valence-corrected chi connectivity index (χ3v) is 3.53. The molecule has 2 aromatic rings. The lowest BCUT2D eigenvalue weighted by atomic mass is 10.3. The molecule has 0 bridgehead atoms. The summed E-state index contributed by atoms with van der Waals surface area (Å²) in [4.78, 5) is 14.5. The van der Waals surface area contributed by atoms with Crippen LogP contribution in [0.3, 0.4) is 0 Å². The number of amides is 1. The maximum Gasteiger partial charge on any atom is 0.272 e. The monoisotopic (exact) mass is 350 g/mol. The van der Waals surface area contributed by atoms with Crippen molar-refractivity contribution in [1.29, 1.82) is 0 Å². The number of carbonyl (C=O) groups is 1. The number of halogens is 4. The molecule has 2 rings (SSSR count). The first-order chi connectivity index (χ1) is 8.47. The van der Waals surface area contributed by atoms with Crippen LogP contribution in [0, 0.1) is 5.82 Å². The van der Waals surface area contributed by atoms with Crippen LogP contribution in [0.1, 0.15) is 10.5 Å². The average molecular weight is 352 g/mol. The summed E-state index contributed by atoms with van der Waals surface area (Å²) in [7, 11) is 0. The van der Waals surface area contributed by atoms with Gasteiger partial charge in [0.25, 0.3) is 5.91 Å². The molecule has 0 atom stereocenters. The Bertz CT molecular complexity index is 596. The fraction of sp³-hybridized carbons (Fsp3) is 0. The van der Waals surface area contributed by atoms with Crippen LogP contribution in [0.2, 0.25) is 10.2 Å². The van der Waals surface area contributed by atoms with Crippen LogP contribution in [0.4, 0.5) is 10.1 Å². The molecule has 0 aliphatic heterocycles. The lowest BCUT2D eigenvalue weighted by molar-refractivity contribution is 0.102. The molecular weight excluding hydrogens is 346 g/mol. The molecule has 7 heteroatoms. The van der Waals surface area contributed by atoms with Gasteiger partial charge in [-0.15, -0.1) is 0 Å². The number of rotatable bonds is 2. The number of anilines is 1. The van der Waals surface area contributed by atoms with Crippen LogP contribution in [-0.4, -0.2) is 10.9 Å². The van der Waals surface area contributed by atoms with E-state index in [9.17, 15) is 9.18 Å². The number of hydrogen-bond acceptors (Lipinski definition) is 1. The van der Waals surface area contributed by atoms with Gasteiger partial charge in [0, 0.05) is 4.47 Å². The van der Waals surface area contributed by atoms with E-state index in [0.717, 1.165) is 0 Å². The van der Waals surface area contributed by atoms with Crippen LogP contribution in [0.25, 0.3) is 0 Å². The molecule has 1 aromatic heterocycles. The second kappa shape index (κ2) is 5.30. The Morgan fingerprint density at radius 1 is 1.33 bits per heavy atom. The van der Waals surface area contributed by atoms with Gasteiger partial charge in [0.2, 0.25) is 0 Å². The maximum atomic E-state index is 13.0. The normalized spacial score (nSPS) is 10.4. The number of H-pyrrole nitrogens is 1.